The van der Waals surface area contributed by atoms with E-state index in [0.717, 1.165) is 24.1 Å². The number of furan rings is 1. The number of hydrogen-bond donors (Lipinski definition) is 1. The molecular formula is C15H17F2NO2. The maximum Gasteiger partial charge on any atom is 0.387 e. The third kappa shape index (κ3) is 4.06. The number of rotatable bonds is 7. The Hall–Kier alpha value is -1.88. The zero-order chi connectivity index (χ0) is 14.4. The highest BCUT2D eigenvalue weighted by Gasteiger charge is 2.12. The van der Waals surface area contributed by atoms with Gasteiger partial charge in [-0.15, -0.1) is 0 Å². The Kier molecular flexibility index (Phi) is 5.12. The Labute approximate surface area is 116 Å². The van der Waals surface area contributed by atoms with Gasteiger partial charge in [0.15, 0.2) is 0 Å². The van der Waals surface area contributed by atoms with Crippen LogP contribution in [0.1, 0.15) is 24.1 Å². The number of alkyl halides is 2. The topological polar surface area (TPSA) is 34.4 Å². The first-order valence-electron chi connectivity index (χ1n) is 6.48. The summed E-state index contributed by atoms with van der Waals surface area (Å²) in [6.07, 6.45) is 4.12. The smallest absolute Gasteiger partial charge is 0.387 e. The lowest BCUT2D eigenvalue weighted by Crippen LogP contribution is -2.22. The molecule has 0 aliphatic carbocycles. The van der Waals surface area contributed by atoms with E-state index in [0.29, 0.717) is 0 Å². The molecule has 1 heterocycles. The van der Waals surface area contributed by atoms with Crippen molar-refractivity contribution < 1.29 is 17.9 Å². The first kappa shape index (κ1) is 14.5. The second kappa shape index (κ2) is 7.05. The molecule has 1 aromatic heterocycles. The van der Waals surface area contributed by atoms with Gasteiger partial charge in [0.1, 0.15) is 5.75 Å². The van der Waals surface area contributed by atoms with Crippen LogP contribution in [0.4, 0.5) is 8.78 Å². The standard InChI is InChI=1S/C15H17F2NO2/c1-2-18-14(9-11-7-8-19-10-11)12-3-5-13(6-4-12)20-15(16)17/h3-8,10,14-15,18H,2,9H2,1H3. The Morgan fingerprint density at radius 3 is 2.50 bits per heavy atom. The molecule has 1 aromatic carbocycles. The normalized spacial score (nSPS) is 12.6. The third-order valence-electron chi connectivity index (χ3n) is 2.98. The second-order valence-electron chi connectivity index (χ2n) is 4.39. The third-order valence-corrected chi connectivity index (χ3v) is 2.98. The van der Waals surface area contributed by atoms with Crippen LogP contribution in [0.15, 0.2) is 47.3 Å². The SMILES string of the molecule is CCNC(Cc1ccoc1)c1ccc(OC(F)F)cc1. The summed E-state index contributed by atoms with van der Waals surface area (Å²) in [4.78, 5) is 0. The van der Waals surface area contributed by atoms with Crippen molar-refractivity contribution in [1.82, 2.24) is 5.32 Å². The average molecular weight is 281 g/mol. The van der Waals surface area contributed by atoms with Crippen molar-refractivity contribution in [2.75, 3.05) is 6.54 Å². The predicted molar refractivity (Wildman–Crippen MR) is 71.9 cm³/mol. The molecule has 0 radical (unpaired) electrons. The molecule has 2 rings (SSSR count). The largest absolute Gasteiger partial charge is 0.472 e. The van der Waals surface area contributed by atoms with Gasteiger partial charge >= 0.3 is 6.61 Å². The van der Waals surface area contributed by atoms with Gasteiger partial charge < -0.3 is 14.5 Å². The molecule has 0 saturated carbocycles. The lowest BCUT2D eigenvalue weighted by molar-refractivity contribution is -0.0498. The van der Waals surface area contributed by atoms with E-state index in [1.807, 2.05) is 13.0 Å². The van der Waals surface area contributed by atoms with Crippen LogP contribution in [-0.4, -0.2) is 13.2 Å². The van der Waals surface area contributed by atoms with Gasteiger partial charge in [-0.25, -0.2) is 0 Å². The number of benzene rings is 1. The van der Waals surface area contributed by atoms with Crippen LogP contribution in [0.2, 0.25) is 0 Å². The van der Waals surface area contributed by atoms with Gasteiger partial charge in [-0.1, -0.05) is 19.1 Å². The van der Waals surface area contributed by atoms with Crippen molar-refractivity contribution in [3.63, 3.8) is 0 Å². The van der Waals surface area contributed by atoms with Crippen molar-refractivity contribution in [2.45, 2.75) is 26.0 Å². The maximum absolute atomic E-state index is 12.1. The van der Waals surface area contributed by atoms with Gasteiger partial charge in [0, 0.05) is 6.04 Å². The molecule has 108 valence electrons. The quantitative estimate of drug-likeness (QED) is 0.838. The maximum atomic E-state index is 12.1. The van der Waals surface area contributed by atoms with Crippen LogP contribution in [0, 0.1) is 0 Å². The highest BCUT2D eigenvalue weighted by atomic mass is 19.3. The van der Waals surface area contributed by atoms with Crippen LogP contribution in [-0.2, 0) is 6.42 Å². The lowest BCUT2D eigenvalue weighted by atomic mass is 10.0. The molecule has 0 aliphatic heterocycles. The molecule has 1 N–H and O–H groups in total. The highest BCUT2D eigenvalue weighted by molar-refractivity contribution is 5.30. The Balaban J connectivity index is 2.08. The Morgan fingerprint density at radius 2 is 1.95 bits per heavy atom. The summed E-state index contributed by atoms with van der Waals surface area (Å²) < 4.78 is 33.6. The first-order chi connectivity index (χ1) is 9.69. The Bertz CT molecular complexity index is 497. The van der Waals surface area contributed by atoms with Gasteiger partial charge in [0.25, 0.3) is 0 Å². The molecule has 20 heavy (non-hydrogen) atoms. The van der Waals surface area contributed by atoms with Crippen molar-refractivity contribution in [2.24, 2.45) is 0 Å². The van der Waals surface area contributed by atoms with Crippen LogP contribution < -0.4 is 10.1 Å². The summed E-state index contributed by atoms with van der Waals surface area (Å²) in [5.41, 5.74) is 2.11. The summed E-state index contributed by atoms with van der Waals surface area (Å²) in [5.74, 6) is 0.169. The summed E-state index contributed by atoms with van der Waals surface area (Å²) in [6, 6.07) is 8.73. The molecule has 0 amide bonds. The van der Waals surface area contributed by atoms with Crippen molar-refractivity contribution >= 4 is 0 Å². The van der Waals surface area contributed by atoms with E-state index in [1.54, 1.807) is 36.8 Å². The number of nitrogens with one attached hydrogen (secondary N) is 1. The fraction of sp³-hybridized carbons (Fsp3) is 0.333. The Morgan fingerprint density at radius 1 is 1.20 bits per heavy atom. The summed E-state index contributed by atoms with van der Waals surface area (Å²) in [5, 5.41) is 3.37. The summed E-state index contributed by atoms with van der Waals surface area (Å²) >= 11 is 0. The first-order valence-corrected chi connectivity index (χ1v) is 6.48. The molecule has 2 aromatic rings. The van der Waals surface area contributed by atoms with E-state index in [2.05, 4.69) is 10.1 Å². The monoisotopic (exact) mass is 281 g/mol. The number of halogens is 2. The molecule has 3 nitrogen and oxygen atoms in total. The fourth-order valence-corrected chi connectivity index (χ4v) is 2.08. The molecular weight excluding hydrogens is 264 g/mol. The molecule has 1 atom stereocenters. The van der Waals surface area contributed by atoms with E-state index in [1.165, 1.54) is 0 Å². The van der Waals surface area contributed by atoms with Crippen LogP contribution in [0.5, 0.6) is 5.75 Å². The molecule has 0 spiro atoms. The zero-order valence-electron chi connectivity index (χ0n) is 11.2. The van der Waals surface area contributed by atoms with Gasteiger partial charge in [0.2, 0.25) is 0 Å². The van der Waals surface area contributed by atoms with Crippen LogP contribution >= 0.6 is 0 Å². The summed E-state index contributed by atoms with van der Waals surface area (Å²) in [6.45, 7) is 0.0467. The fourth-order valence-electron chi connectivity index (χ4n) is 2.08. The van der Waals surface area contributed by atoms with E-state index in [-0.39, 0.29) is 11.8 Å². The molecule has 0 bridgehead atoms. The van der Waals surface area contributed by atoms with Gasteiger partial charge in [0.05, 0.1) is 12.5 Å². The molecule has 0 saturated heterocycles. The van der Waals surface area contributed by atoms with E-state index < -0.39 is 6.61 Å². The molecule has 0 fully saturated rings. The van der Waals surface area contributed by atoms with Crippen LogP contribution in [0.3, 0.4) is 0 Å². The average Bonchev–Trinajstić information content (AvgIpc) is 2.91. The van der Waals surface area contributed by atoms with Crippen molar-refractivity contribution in [1.29, 1.82) is 0 Å². The van der Waals surface area contributed by atoms with Crippen molar-refractivity contribution in [3.8, 4) is 5.75 Å². The minimum absolute atomic E-state index is 0.109. The summed E-state index contributed by atoms with van der Waals surface area (Å²) in [7, 11) is 0. The van der Waals surface area contributed by atoms with E-state index >= 15 is 0 Å². The minimum Gasteiger partial charge on any atom is -0.472 e. The van der Waals surface area contributed by atoms with E-state index in [4.69, 9.17) is 4.42 Å². The zero-order valence-corrected chi connectivity index (χ0v) is 11.2. The number of ether oxygens (including phenoxy) is 1. The molecule has 5 heteroatoms. The molecule has 1 unspecified atom stereocenters. The van der Waals surface area contributed by atoms with Gasteiger partial charge in [-0.2, -0.15) is 8.78 Å². The number of likely N-dealkylation sites (N-methyl/N-ethyl adjacent to an activating group) is 1. The van der Waals surface area contributed by atoms with E-state index in [9.17, 15) is 8.78 Å². The molecule has 0 aliphatic rings. The van der Waals surface area contributed by atoms with Gasteiger partial charge in [-0.3, -0.25) is 0 Å². The van der Waals surface area contributed by atoms with Gasteiger partial charge in [-0.05, 0) is 42.3 Å². The minimum atomic E-state index is -2.80. The second-order valence-corrected chi connectivity index (χ2v) is 4.39. The lowest BCUT2D eigenvalue weighted by Gasteiger charge is -2.18. The highest BCUT2D eigenvalue weighted by Crippen LogP contribution is 2.22. The number of hydrogen-bond acceptors (Lipinski definition) is 3. The predicted octanol–water partition coefficient (Wildman–Crippen LogP) is 3.77. The van der Waals surface area contributed by atoms with Crippen molar-refractivity contribution in [3.05, 3.63) is 54.0 Å². The van der Waals surface area contributed by atoms with Crippen LogP contribution in [0.25, 0.3) is 0 Å².